The molecule has 2 aromatic heterocycles. The van der Waals surface area contributed by atoms with Crippen LogP contribution in [0.5, 0.6) is 11.5 Å². The zero-order valence-corrected chi connectivity index (χ0v) is 13.8. The number of amides is 1. The molecule has 0 saturated carbocycles. The molecule has 1 atom stereocenters. The molecular formula is C18H18N4O3. The molecule has 0 spiro atoms. The van der Waals surface area contributed by atoms with Crippen molar-refractivity contribution >= 4 is 11.6 Å². The monoisotopic (exact) mass is 338 g/mol. The van der Waals surface area contributed by atoms with E-state index >= 15 is 0 Å². The number of ether oxygens (including phenoxy) is 2. The van der Waals surface area contributed by atoms with E-state index < -0.39 is 0 Å². The van der Waals surface area contributed by atoms with E-state index in [0.29, 0.717) is 30.8 Å². The molecule has 3 aromatic rings. The highest BCUT2D eigenvalue weighted by Crippen LogP contribution is 2.31. The van der Waals surface area contributed by atoms with Gasteiger partial charge in [-0.2, -0.15) is 5.10 Å². The number of para-hydroxylation sites is 2. The van der Waals surface area contributed by atoms with Crippen LogP contribution in [0.1, 0.15) is 22.3 Å². The first kappa shape index (κ1) is 15.4. The minimum atomic E-state index is -0.191. The highest BCUT2D eigenvalue weighted by atomic mass is 16.6. The van der Waals surface area contributed by atoms with Gasteiger partial charge in [-0.1, -0.05) is 12.1 Å². The highest BCUT2D eigenvalue weighted by molar-refractivity contribution is 5.99. The van der Waals surface area contributed by atoms with Crippen molar-refractivity contribution < 1.29 is 14.3 Å². The van der Waals surface area contributed by atoms with E-state index in [0.717, 1.165) is 17.1 Å². The number of aryl methyl sites for hydroxylation is 1. The molecule has 1 amide bonds. The van der Waals surface area contributed by atoms with Crippen LogP contribution in [0, 0.1) is 6.92 Å². The van der Waals surface area contributed by atoms with Gasteiger partial charge in [-0.25, -0.2) is 9.50 Å². The van der Waals surface area contributed by atoms with Gasteiger partial charge < -0.3 is 14.8 Å². The van der Waals surface area contributed by atoms with Gasteiger partial charge in [-0.3, -0.25) is 4.79 Å². The lowest BCUT2D eigenvalue weighted by Gasteiger charge is -2.26. The second-order valence-electron chi connectivity index (χ2n) is 6.00. The fraction of sp³-hybridized carbons (Fsp3) is 0.278. The molecule has 0 saturated heterocycles. The van der Waals surface area contributed by atoms with Crippen LogP contribution in [0.3, 0.4) is 0 Å². The number of carbonyl (C=O) groups excluding carboxylic acids is 1. The smallest absolute Gasteiger partial charge is 0.256 e. The van der Waals surface area contributed by atoms with Crippen LogP contribution < -0.4 is 14.8 Å². The highest BCUT2D eigenvalue weighted by Gasteiger charge is 2.21. The number of benzene rings is 1. The van der Waals surface area contributed by atoms with E-state index in [1.54, 1.807) is 10.7 Å². The molecule has 3 heterocycles. The third-order valence-corrected chi connectivity index (χ3v) is 4.05. The van der Waals surface area contributed by atoms with E-state index in [1.165, 1.54) is 6.20 Å². The number of aromatic nitrogens is 3. The number of nitrogens with one attached hydrogen (secondary N) is 1. The molecule has 1 aliphatic rings. The predicted octanol–water partition coefficient (Wildman–Crippen LogP) is 2.00. The summed E-state index contributed by atoms with van der Waals surface area (Å²) in [5.74, 6) is 1.31. The standard InChI is InChI=1S/C18H18N4O3/c1-12-8-20-17-14(9-21-22(17)10-12)18(23)19-7-6-13-11-24-15-4-2-3-5-16(15)25-13/h2-5,8-10,13H,6-7,11H2,1H3,(H,19,23)/t13-/m1/s1. The molecule has 7 heteroatoms. The fourth-order valence-corrected chi connectivity index (χ4v) is 2.78. The van der Waals surface area contributed by atoms with Crippen molar-refractivity contribution in [3.05, 3.63) is 54.0 Å². The van der Waals surface area contributed by atoms with Crippen molar-refractivity contribution in [2.75, 3.05) is 13.2 Å². The normalized spacial score (nSPS) is 16.0. The largest absolute Gasteiger partial charge is 0.486 e. The molecule has 0 bridgehead atoms. The lowest BCUT2D eigenvalue weighted by Crippen LogP contribution is -2.34. The van der Waals surface area contributed by atoms with E-state index in [9.17, 15) is 4.79 Å². The van der Waals surface area contributed by atoms with E-state index in [2.05, 4.69) is 15.4 Å². The summed E-state index contributed by atoms with van der Waals surface area (Å²) >= 11 is 0. The first-order valence-electron chi connectivity index (χ1n) is 8.17. The topological polar surface area (TPSA) is 77.8 Å². The lowest BCUT2D eigenvalue weighted by molar-refractivity contribution is 0.0813. The number of hydrogen-bond acceptors (Lipinski definition) is 5. The Kier molecular flexibility index (Phi) is 3.97. The van der Waals surface area contributed by atoms with Crippen LogP contribution in [-0.4, -0.2) is 39.8 Å². The van der Waals surface area contributed by atoms with Crippen molar-refractivity contribution in [3.63, 3.8) is 0 Å². The van der Waals surface area contributed by atoms with Gasteiger partial charge in [0, 0.05) is 25.4 Å². The first-order chi connectivity index (χ1) is 12.2. The Morgan fingerprint density at radius 3 is 3.04 bits per heavy atom. The molecule has 25 heavy (non-hydrogen) atoms. The van der Waals surface area contributed by atoms with Crippen molar-refractivity contribution in [3.8, 4) is 11.5 Å². The number of rotatable bonds is 4. The molecule has 0 unspecified atom stereocenters. The van der Waals surface area contributed by atoms with Gasteiger partial charge in [0.1, 0.15) is 18.3 Å². The van der Waals surface area contributed by atoms with E-state index in [-0.39, 0.29) is 12.0 Å². The summed E-state index contributed by atoms with van der Waals surface area (Å²) in [6, 6.07) is 7.58. The molecule has 4 rings (SSSR count). The third kappa shape index (κ3) is 3.13. The number of carbonyl (C=O) groups is 1. The van der Waals surface area contributed by atoms with Gasteiger partial charge in [0.15, 0.2) is 17.1 Å². The molecule has 1 aromatic carbocycles. The third-order valence-electron chi connectivity index (χ3n) is 4.05. The lowest BCUT2D eigenvalue weighted by atomic mass is 10.2. The van der Waals surface area contributed by atoms with Crippen molar-refractivity contribution in [1.82, 2.24) is 19.9 Å². The summed E-state index contributed by atoms with van der Waals surface area (Å²) in [5, 5.41) is 7.07. The Hall–Kier alpha value is -3.09. The van der Waals surface area contributed by atoms with Crippen LogP contribution in [0.15, 0.2) is 42.9 Å². The van der Waals surface area contributed by atoms with Gasteiger partial charge in [0.25, 0.3) is 5.91 Å². The molecule has 0 fully saturated rings. The van der Waals surface area contributed by atoms with Crippen LogP contribution >= 0.6 is 0 Å². The number of hydrogen-bond donors (Lipinski definition) is 1. The summed E-state index contributed by atoms with van der Waals surface area (Å²) < 4.78 is 13.2. The molecular weight excluding hydrogens is 320 g/mol. The van der Waals surface area contributed by atoms with Crippen LogP contribution in [-0.2, 0) is 0 Å². The maximum Gasteiger partial charge on any atom is 0.256 e. The second-order valence-corrected chi connectivity index (χ2v) is 6.00. The molecule has 128 valence electrons. The Balaban J connectivity index is 1.35. The van der Waals surface area contributed by atoms with Gasteiger partial charge in [-0.05, 0) is 24.6 Å². The molecule has 0 aliphatic carbocycles. The predicted molar refractivity (Wildman–Crippen MR) is 91.0 cm³/mol. The van der Waals surface area contributed by atoms with E-state index in [4.69, 9.17) is 9.47 Å². The summed E-state index contributed by atoms with van der Waals surface area (Å²) in [5.41, 5.74) is 2.00. The van der Waals surface area contributed by atoms with Crippen LogP contribution in [0.2, 0.25) is 0 Å². The SMILES string of the molecule is Cc1cnc2c(C(=O)NCC[C@@H]3COc4ccccc4O3)cnn2c1. The van der Waals surface area contributed by atoms with Crippen molar-refractivity contribution in [2.24, 2.45) is 0 Å². The van der Waals surface area contributed by atoms with E-state index in [1.807, 2.05) is 37.4 Å². The van der Waals surface area contributed by atoms with Crippen LogP contribution in [0.4, 0.5) is 0 Å². The van der Waals surface area contributed by atoms with Crippen molar-refractivity contribution in [1.29, 1.82) is 0 Å². The van der Waals surface area contributed by atoms with Gasteiger partial charge in [0.2, 0.25) is 0 Å². The van der Waals surface area contributed by atoms with Crippen molar-refractivity contribution in [2.45, 2.75) is 19.4 Å². The average molecular weight is 338 g/mol. The van der Waals surface area contributed by atoms with Gasteiger partial charge in [0.05, 0.1) is 6.20 Å². The second kappa shape index (κ2) is 6.43. The Morgan fingerprint density at radius 1 is 1.32 bits per heavy atom. The molecule has 1 N–H and O–H groups in total. The Bertz CT molecular complexity index is 922. The zero-order valence-electron chi connectivity index (χ0n) is 13.8. The average Bonchev–Trinajstić information content (AvgIpc) is 3.04. The van der Waals surface area contributed by atoms with Crippen LogP contribution in [0.25, 0.3) is 5.65 Å². The fourth-order valence-electron chi connectivity index (χ4n) is 2.78. The summed E-state index contributed by atoms with van der Waals surface area (Å²) in [7, 11) is 0. The molecule has 0 radical (unpaired) electrons. The van der Waals surface area contributed by atoms with Gasteiger partial charge >= 0.3 is 0 Å². The minimum absolute atomic E-state index is 0.0834. The quantitative estimate of drug-likeness (QED) is 0.787. The Morgan fingerprint density at radius 2 is 2.16 bits per heavy atom. The number of fused-ring (bicyclic) bond motifs is 2. The summed E-state index contributed by atoms with van der Waals surface area (Å²) in [4.78, 5) is 16.6. The summed E-state index contributed by atoms with van der Waals surface area (Å²) in [6.45, 7) is 2.89. The number of nitrogens with zero attached hydrogens (tertiary/aromatic N) is 3. The maximum atomic E-state index is 12.4. The maximum absolute atomic E-state index is 12.4. The summed E-state index contributed by atoms with van der Waals surface area (Å²) in [6.07, 6.45) is 5.67. The zero-order chi connectivity index (χ0) is 17.2. The molecule has 1 aliphatic heterocycles. The molecule has 7 nitrogen and oxygen atoms in total. The minimum Gasteiger partial charge on any atom is -0.486 e. The first-order valence-corrected chi connectivity index (χ1v) is 8.17. The Labute approximate surface area is 144 Å². The van der Waals surface area contributed by atoms with Gasteiger partial charge in [-0.15, -0.1) is 0 Å².